The molecule has 0 amide bonds. The van der Waals surface area contributed by atoms with Crippen LogP contribution in [0.5, 0.6) is 0 Å². The summed E-state index contributed by atoms with van der Waals surface area (Å²) >= 11 is 0. The highest BCUT2D eigenvalue weighted by Crippen LogP contribution is 2.01. The number of hydrogen-bond donors (Lipinski definition) is 2. The minimum absolute atomic E-state index is 0. The zero-order chi connectivity index (χ0) is 18.3. The van der Waals surface area contributed by atoms with Crippen molar-refractivity contribution in [1.82, 2.24) is 10.6 Å². The van der Waals surface area contributed by atoms with Crippen molar-refractivity contribution in [2.45, 2.75) is 44.9 Å². The van der Waals surface area contributed by atoms with Crippen LogP contribution in [-0.4, -0.2) is 51.7 Å². The van der Waals surface area contributed by atoms with Crippen molar-refractivity contribution in [2.75, 3.05) is 39.3 Å². The van der Waals surface area contributed by atoms with Crippen LogP contribution in [0.4, 0.5) is 0 Å². The third-order valence-electron chi connectivity index (χ3n) is 3.58. The van der Waals surface area contributed by atoms with Crippen molar-refractivity contribution in [3.05, 3.63) is 36.8 Å². The average Bonchev–Trinajstić information content (AvgIpc) is 2.63. The molecule has 0 rings (SSSR count). The van der Waals surface area contributed by atoms with Gasteiger partial charge in [-0.3, -0.25) is 9.98 Å². The SMILES string of the molecule is C=C=CC=NCCCNCCCCCCCNCCCN=CC=C=C.Cl.Cl.Cl.Cl. The van der Waals surface area contributed by atoms with Crippen LogP contribution in [0.25, 0.3) is 0 Å². The molecule has 0 aliphatic rings. The fourth-order valence-corrected chi connectivity index (χ4v) is 2.23. The number of nitrogens with one attached hydrogen (secondary N) is 2. The van der Waals surface area contributed by atoms with Crippen molar-refractivity contribution < 1.29 is 0 Å². The molecule has 0 aromatic carbocycles. The van der Waals surface area contributed by atoms with Crippen molar-refractivity contribution in [1.29, 1.82) is 0 Å². The fraction of sp³-hybridized carbons (Fsp3) is 0.619. The molecule has 0 unspecified atom stereocenters. The molecule has 2 N–H and O–H groups in total. The van der Waals surface area contributed by atoms with E-state index in [4.69, 9.17) is 0 Å². The third-order valence-corrected chi connectivity index (χ3v) is 3.58. The number of hydrogen-bond acceptors (Lipinski definition) is 4. The monoisotopic (exact) mass is 488 g/mol. The minimum Gasteiger partial charge on any atom is -0.317 e. The summed E-state index contributed by atoms with van der Waals surface area (Å²) in [6, 6.07) is 0. The summed E-state index contributed by atoms with van der Waals surface area (Å²) in [7, 11) is 0. The fourth-order valence-electron chi connectivity index (χ4n) is 2.23. The van der Waals surface area contributed by atoms with Gasteiger partial charge in [-0.2, -0.15) is 0 Å². The Morgan fingerprint density at radius 1 is 0.552 bits per heavy atom. The van der Waals surface area contributed by atoms with Crippen LogP contribution in [0, 0.1) is 0 Å². The summed E-state index contributed by atoms with van der Waals surface area (Å²) < 4.78 is 0. The molecule has 0 aromatic heterocycles. The molecule has 4 nitrogen and oxygen atoms in total. The van der Waals surface area contributed by atoms with E-state index in [0.29, 0.717) is 0 Å². The Morgan fingerprint density at radius 3 is 1.28 bits per heavy atom. The number of rotatable bonds is 18. The molecule has 29 heavy (non-hydrogen) atoms. The first-order valence-corrected chi connectivity index (χ1v) is 9.51. The molecule has 0 radical (unpaired) electrons. The lowest BCUT2D eigenvalue weighted by atomic mass is 10.1. The van der Waals surface area contributed by atoms with Gasteiger partial charge in [-0.25, -0.2) is 0 Å². The Hall–Kier alpha value is -0.540. The van der Waals surface area contributed by atoms with Crippen LogP contribution in [-0.2, 0) is 0 Å². The summed E-state index contributed by atoms with van der Waals surface area (Å²) in [5.41, 5.74) is 5.35. The predicted molar refractivity (Wildman–Crippen MR) is 141 cm³/mol. The Morgan fingerprint density at radius 2 is 0.897 bits per heavy atom. The highest BCUT2D eigenvalue weighted by atomic mass is 35.5. The van der Waals surface area contributed by atoms with Gasteiger partial charge in [0, 0.05) is 25.5 Å². The highest BCUT2D eigenvalue weighted by Gasteiger charge is 1.92. The van der Waals surface area contributed by atoms with E-state index in [1.54, 1.807) is 24.6 Å². The number of unbranched alkanes of at least 4 members (excludes halogenated alkanes) is 4. The van der Waals surface area contributed by atoms with Gasteiger partial charge in [-0.15, -0.1) is 61.1 Å². The lowest BCUT2D eigenvalue weighted by Crippen LogP contribution is -2.18. The molecule has 0 fully saturated rings. The maximum absolute atomic E-state index is 4.23. The third kappa shape index (κ3) is 38.7. The molecule has 0 heterocycles. The van der Waals surface area contributed by atoms with E-state index in [2.05, 4.69) is 45.2 Å². The summed E-state index contributed by atoms with van der Waals surface area (Å²) in [4.78, 5) is 8.46. The topological polar surface area (TPSA) is 48.8 Å². The second-order valence-electron chi connectivity index (χ2n) is 5.83. The molecule has 8 heteroatoms. The summed E-state index contributed by atoms with van der Waals surface area (Å²) in [5, 5.41) is 6.95. The van der Waals surface area contributed by atoms with E-state index in [1.165, 1.54) is 32.1 Å². The van der Waals surface area contributed by atoms with Gasteiger partial charge in [0.15, 0.2) is 0 Å². The number of halogens is 4. The number of allylic oxidation sites excluding steroid dienone is 2. The van der Waals surface area contributed by atoms with Gasteiger partial charge in [0.25, 0.3) is 0 Å². The van der Waals surface area contributed by atoms with E-state index in [0.717, 1.165) is 52.1 Å². The Kier molecular flexibility index (Phi) is 51.2. The summed E-state index contributed by atoms with van der Waals surface area (Å²) in [6.45, 7) is 13.1. The van der Waals surface area contributed by atoms with Gasteiger partial charge >= 0.3 is 0 Å². The molecular formula is C21H40Cl4N4. The van der Waals surface area contributed by atoms with Crippen molar-refractivity contribution in [2.24, 2.45) is 9.98 Å². The largest absolute Gasteiger partial charge is 0.317 e. The average molecular weight is 490 g/mol. The summed E-state index contributed by atoms with van der Waals surface area (Å²) in [5.74, 6) is 0. The first kappa shape index (κ1) is 39.0. The molecule has 0 atom stereocenters. The normalized spacial score (nSPS) is 9.38. The smallest absolute Gasteiger partial charge is 0.0401 e. The van der Waals surface area contributed by atoms with Gasteiger partial charge < -0.3 is 10.6 Å². The summed E-state index contributed by atoms with van der Waals surface area (Å²) in [6.07, 6.45) is 15.7. The molecule has 172 valence electrons. The van der Waals surface area contributed by atoms with Crippen LogP contribution in [0.1, 0.15) is 44.9 Å². The number of aliphatic imine (C=N–C) groups is 2. The van der Waals surface area contributed by atoms with Crippen LogP contribution in [0.15, 0.2) is 46.8 Å². The standard InChI is InChI=1S/C21H36N4.4ClH/c1-3-5-14-22-18-12-20-24-16-10-8-7-9-11-17-25-21-13-19-23-15-6-4-2;;;;/h5-6,14-15,24-25H,1-2,7-13,16-21H2;4*1H. The van der Waals surface area contributed by atoms with Crippen molar-refractivity contribution >= 4 is 62.1 Å². The second kappa shape index (κ2) is 38.1. The quantitative estimate of drug-likeness (QED) is 0.153. The minimum atomic E-state index is 0. The maximum atomic E-state index is 4.23. The lowest BCUT2D eigenvalue weighted by Gasteiger charge is -2.05. The van der Waals surface area contributed by atoms with Gasteiger partial charge in [-0.1, -0.05) is 32.4 Å². The lowest BCUT2D eigenvalue weighted by molar-refractivity contribution is 0.550. The number of nitrogens with zero attached hydrogens (tertiary/aromatic N) is 2. The molecule has 0 aliphatic carbocycles. The molecule has 0 saturated heterocycles. The maximum Gasteiger partial charge on any atom is 0.0401 e. The highest BCUT2D eigenvalue weighted by molar-refractivity contribution is 5.86. The van der Waals surface area contributed by atoms with E-state index in [1.807, 2.05) is 0 Å². The van der Waals surface area contributed by atoms with Crippen LogP contribution < -0.4 is 10.6 Å². The van der Waals surface area contributed by atoms with Crippen LogP contribution in [0.3, 0.4) is 0 Å². The molecular weight excluding hydrogens is 450 g/mol. The van der Waals surface area contributed by atoms with Crippen molar-refractivity contribution in [3.8, 4) is 0 Å². The van der Waals surface area contributed by atoms with E-state index >= 15 is 0 Å². The molecule has 0 bridgehead atoms. The van der Waals surface area contributed by atoms with Gasteiger partial charge in [0.2, 0.25) is 0 Å². The Labute approximate surface area is 203 Å². The van der Waals surface area contributed by atoms with E-state index in [9.17, 15) is 0 Å². The zero-order valence-electron chi connectivity index (χ0n) is 17.4. The zero-order valence-corrected chi connectivity index (χ0v) is 20.7. The Balaban J connectivity index is -0.000000480. The van der Waals surface area contributed by atoms with Gasteiger partial charge in [-0.05, 0) is 64.0 Å². The van der Waals surface area contributed by atoms with Crippen LogP contribution in [0.2, 0.25) is 0 Å². The molecule has 0 spiro atoms. The van der Waals surface area contributed by atoms with E-state index < -0.39 is 0 Å². The molecule has 0 aromatic rings. The van der Waals surface area contributed by atoms with Gasteiger partial charge in [0.05, 0.1) is 0 Å². The van der Waals surface area contributed by atoms with E-state index in [-0.39, 0.29) is 49.6 Å². The van der Waals surface area contributed by atoms with Crippen molar-refractivity contribution in [3.63, 3.8) is 0 Å². The van der Waals surface area contributed by atoms with Gasteiger partial charge in [0.1, 0.15) is 0 Å². The molecule has 0 aliphatic heterocycles. The first-order chi connectivity index (χ1) is 12.4. The first-order valence-electron chi connectivity index (χ1n) is 9.51. The van der Waals surface area contributed by atoms with Crippen LogP contribution >= 0.6 is 49.6 Å². The Bertz CT molecular complexity index is 404. The predicted octanol–water partition coefficient (Wildman–Crippen LogP) is 5.41. The second-order valence-corrected chi connectivity index (χ2v) is 5.83. The molecule has 0 saturated carbocycles.